The van der Waals surface area contributed by atoms with E-state index >= 15 is 0 Å². The van der Waals surface area contributed by atoms with E-state index in [1.165, 1.54) is 11.8 Å². The fourth-order valence-electron chi connectivity index (χ4n) is 2.69. The highest BCUT2D eigenvalue weighted by Gasteiger charge is 2.20. The second kappa shape index (κ2) is 10.5. The highest BCUT2D eigenvalue weighted by atomic mass is 35.5. The smallest absolute Gasteiger partial charge is 0.234 e. The number of hydrogen-bond acceptors (Lipinski definition) is 5. The van der Waals surface area contributed by atoms with Crippen molar-refractivity contribution in [2.45, 2.75) is 24.7 Å². The summed E-state index contributed by atoms with van der Waals surface area (Å²) in [4.78, 5) is 12.4. The molecule has 2 aromatic carbocycles. The second-order valence-corrected chi connectivity index (χ2v) is 8.00. The predicted molar refractivity (Wildman–Crippen MR) is 122 cm³/mol. The molecule has 1 amide bonds. The molecule has 3 aromatic rings. The quantitative estimate of drug-likeness (QED) is 0.329. The van der Waals surface area contributed by atoms with E-state index in [9.17, 15) is 4.79 Å². The van der Waals surface area contributed by atoms with Gasteiger partial charge in [0.05, 0.1) is 21.5 Å². The molecule has 1 atom stereocenters. The number of nitrogens with one attached hydrogen (secondary N) is 1. The van der Waals surface area contributed by atoms with Crippen molar-refractivity contribution >= 4 is 46.6 Å². The fourth-order valence-corrected chi connectivity index (χ4v) is 3.93. The monoisotopic (exact) mass is 462 g/mol. The Morgan fingerprint density at radius 3 is 2.57 bits per heavy atom. The molecule has 0 aliphatic carbocycles. The third-order valence-electron chi connectivity index (χ3n) is 4.04. The Kier molecular flexibility index (Phi) is 7.79. The Morgan fingerprint density at radius 2 is 1.90 bits per heavy atom. The van der Waals surface area contributed by atoms with Crippen LogP contribution in [0.15, 0.2) is 66.3 Å². The minimum Gasteiger partial charge on any atom is -0.483 e. The molecule has 1 aromatic heterocycles. The van der Waals surface area contributed by atoms with Crippen molar-refractivity contribution in [2.75, 3.05) is 11.1 Å². The zero-order valence-corrected chi connectivity index (χ0v) is 18.5. The van der Waals surface area contributed by atoms with Crippen LogP contribution in [0.4, 0.5) is 5.69 Å². The van der Waals surface area contributed by atoms with E-state index in [1.807, 2.05) is 41.8 Å². The van der Waals surface area contributed by atoms with Crippen LogP contribution in [0.3, 0.4) is 0 Å². The van der Waals surface area contributed by atoms with Crippen molar-refractivity contribution in [3.8, 4) is 5.75 Å². The van der Waals surface area contributed by atoms with Gasteiger partial charge in [-0.25, -0.2) is 0 Å². The number of benzene rings is 2. The zero-order valence-electron chi connectivity index (χ0n) is 16.2. The van der Waals surface area contributed by atoms with Crippen LogP contribution in [0.1, 0.15) is 18.9 Å². The van der Waals surface area contributed by atoms with Crippen LogP contribution in [-0.4, -0.2) is 26.4 Å². The Morgan fingerprint density at radius 1 is 1.20 bits per heavy atom. The van der Waals surface area contributed by atoms with Gasteiger partial charge >= 0.3 is 0 Å². The molecule has 0 radical (unpaired) electrons. The van der Waals surface area contributed by atoms with Crippen LogP contribution < -0.4 is 10.1 Å². The minimum absolute atomic E-state index is 0.116. The molecule has 0 saturated carbocycles. The first-order valence-corrected chi connectivity index (χ1v) is 10.9. The average molecular weight is 463 g/mol. The van der Waals surface area contributed by atoms with Gasteiger partial charge in [-0.1, -0.05) is 65.3 Å². The number of ether oxygens (including phenoxy) is 1. The number of allylic oxidation sites excluding steroid dienone is 1. The van der Waals surface area contributed by atoms with Gasteiger partial charge in [0.1, 0.15) is 5.75 Å². The second-order valence-electron chi connectivity index (χ2n) is 6.25. The molecule has 0 bridgehead atoms. The van der Waals surface area contributed by atoms with Crippen LogP contribution in [0.25, 0.3) is 0 Å². The normalized spacial score (nSPS) is 11.7. The summed E-state index contributed by atoms with van der Waals surface area (Å²) in [6, 6.07) is 14.5. The molecule has 0 fully saturated rings. The molecule has 0 aliphatic rings. The number of thioether (sulfide) groups is 1. The van der Waals surface area contributed by atoms with Gasteiger partial charge in [-0.15, -0.1) is 16.8 Å². The summed E-state index contributed by atoms with van der Waals surface area (Å²) in [5.41, 5.74) is 0.393. The van der Waals surface area contributed by atoms with Crippen LogP contribution in [0.2, 0.25) is 10.0 Å². The number of nitrogens with zero attached hydrogens (tertiary/aromatic N) is 3. The Balaban J connectivity index is 1.68. The topological polar surface area (TPSA) is 69.0 Å². The maximum absolute atomic E-state index is 12.4. The first-order valence-electron chi connectivity index (χ1n) is 9.12. The van der Waals surface area contributed by atoms with Gasteiger partial charge in [-0.3, -0.25) is 9.36 Å². The van der Waals surface area contributed by atoms with E-state index in [-0.39, 0.29) is 17.8 Å². The van der Waals surface area contributed by atoms with Gasteiger partial charge in [0.15, 0.2) is 17.1 Å². The van der Waals surface area contributed by atoms with E-state index in [2.05, 4.69) is 22.1 Å². The number of aromatic nitrogens is 3. The summed E-state index contributed by atoms with van der Waals surface area (Å²) < 4.78 is 7.83. The van der Waals surface area contributed by atoms with Gasteiger partial charge in [-0.2, -0.15) is 0 Å². The third-order valence-corrected chi connectivity index (χ3v) is 5.63. The van der Waals surface area contributed by atoms with Crippen LogP contribution in [0, 0.1) is 0 Å². The van der Waals surface area contributed by atoms with E-state index in [4.69, 9.17) is 27.9 Å². The van der Waals surface area contributed by atoms with Crippen molar-refractivity contribution in [3.05, 3.63) is 77.1 Å². The van der Waals surface area contributed by atoms with Gasteiger partial charge in [-0.05, 0) is 31.2 Å². The van der Waals surface area contributed by atoms with E-state index < -0.39 is 0 Å². The molecule has 3 rings (SSSR count). The van der Waals surface area contributed by atoms with Crippen molar-refractivity contribution in [2.24, 2.45) is 0 Å². The lowest BCUT2D eigenvalue weighted by molar-refractivity contribution is -0.113. The maximum Gasteiger partial charge on any atom is 0.234 e. The Labute approximate surface area is 189 Å². The molecule has 9 heteroatoms. The molecule has 1 unspecified atom stereocenters. The predicted octanol–water partition coefficient (Wildman–Crippen LogP) is 5.64. The summed E-state index contributed by atoms with van der Waals surface area (Å²) in [5.74, 6) is 1.25. The van der Waals surface area contributed by atoms with E-state index in [0.717, 1.165) is 5.75 Å². The molecule has 30 heavy (non-hydrogen) atoms. The van der Waals surface area contributed by atoms with Crippen molar-refractivity contribution in [1.29, 1.82) is 0 Å². The number of carbonyl (C=O) groups is 1. The summed E-state index contributed by atoms with van der Waals surface area (Å²) >= 11 is 13.5. The lowest BCUT2D eigenvalue weighted by atomic mass is 10.3. The zero-order chi connectivity index (χ0) is 21.5. The highest BCUT2D eigenvalue weighted by molar-refractivity contribution is 7.99. The van der Waals surface area contributed by atoms with E-state index in [1.54, 1.807) is 24.3 Å². The standard InChI is InChI=1S/C21H20Cl2N4O2S/c1-3-12-27-20(14(2)29-15-8-5-4-6-9-15)25-26-21(27)30-13-18(28)24-19-16(22)10-7-11-17(19)23/h3-11,14H,1,12-13H2,2H3,(H,24,28). The lowest BCUT2D eigenvalue weighted by Crippen LogP contribution is -2.16. The van der Waals surface area contributed by atoms with Gasteiger partial charge < -0.3 is 10.1 Å². The number of carbonyl (C=O) groups excluding carboxylic acids is 1. The number of hydrogen-bond donors (Lipinski definition) is 1. The molecule has 1 N–H and O–H groups in total. The van der Waals surface area contributed by atoms with Crippen molar-refractivity contribution in [1.82, 2.24) is 14.8 Å². The lowest BCUT2D eigenvalue weighted by Gasteiger charge is -2.15. The molecule has 156 valence electrons. The summed E-state index contributed by atoms with van der Waals surface area (Å²) in [5, 5.41) is 12.6. The summed E-state index contributed by atoms with van der Waals surface area (Å²) in [7, 11) is 0. The fraction of sp³-hybridized carbons (Fsp3) is 0.190. The molecule has 6 nitrogen and oxygen atoms in total. The van der Waals surface area contributed by atoms with E-state index in [0.29, 0.717) is 33.3 Å². The average Bonchev–Trinajstić information content (AvgIpc) is 3.13. The Bertz CT molecular complexity index is 1010. The third kappa shape index (κ3) is 5.56. The number of amides is 1. The molecule has 0 aliphatic heterocycles. The van der Waals surface area contributed by atoms with Crippen LogP contribution >= 0.6 is 35.0 Å². The minimum atomic E-state index is -0.329. The van der Waals surface area contributed by atoms with Crippen molar-refractivity contribution < 1.29 is 9.53 Å². The number of halogens is 2. The number of rotatable bonds is 9. The number of para-hydroxylation sites is 2. The Hall–Kier alpha value is -2.48. The number of anilines is 1. The molecule has 1 heterocycles. The van der Waals surface area contributed by atoms with Crippen molar-refractivity contribution in [3.63, 3.8) is 0 Å². The molecular formula is C21H20Cl2N4O2S. The van der Waals surface area contributed by atoms with Crippen LogP contribution in [0.5, 0.6) is 5.75 Å². The molecule has 0 spiro atoms. The summed E-state index contributed by atoms with van der Waals surface area (Å²) in [6.45, 7) is 6.19. The van der Waals surface area contributed by atoms with Crippen LogP contribution in [-0.2, 0) is 11.3 Å². The first kappa shape index (κ1) is 22.2. The maximum atomic E-state index is 12.4. The molecule has 0 saturated heterocycles. The SMILES string of the molecule is C=CCn1c(SCC(=O)Nc2c(Cl)cccc2Cl)nnc1C(C)Oc1ccccc1. The summed E-state index contributed by atoms with van der Waals surface area (Å²) in [6.07, 6.45) is 1.42. The van der Waals surface area contributed by atoms with Gasteiger partial charge in [0.2, 0.25) is 5.91 Å². The highest BCUT2D eigenvalue weighted by Crippen LogP contribution is 2.30. The van der Waals surface area contributed by atoms with Gasteiger partial charge in [0, 0.05) is 6.54 Å². The first-order chi connectivity index (χ1) is 14.5. The largest absolute Gasteiger partial charge is 0.483 e. The molecular weight excluding hydrogens is 443 g/mol. The van der Waals surface area contributed by atoms with Gasteiger partial charge in [0.25, 0.3) is 0 Å².